The lowest BCUT2D eigenvalue weighted by molar-refractivity contribution is 0.0115. The van der Waals surface area contributed by atoms with Gasteiger partial charge < -0.3 is 9.84 Å². The van der Waals surface area contributed by atoms with E-state index in [1.807, 2.05) is 30.3 Å². The number of aromatic carboxylic acids is 1. The predicted molar refractivity (Wildman–Crippen MR) is 96.3 cm³/mol. The molecule has 1 aliphatic heterocycles. The van der Waals surface area contributed by atoms with E-state index in [-0.39, 0.29) is 43.3 Å². The molecule has 0 saturated carbocycles. The molecule has 1 aliphatic rings. The van der Waals surface area contributed by atoms with Crippen LogP contribution in [0, 0.1) is 0 Å². The quantitative estimate of drug-likeness (QED) is 0.811. The zero-order chi connectivity index (χ0) is 17.9. The minimum absolute atomic E-state index is 0. The number of hydrogen-bond donors (Lipinski definition) is 1. The standard InChI is InChI=1S/C19H19F2NO3.ClH/c20-19(21)8-9-22(13-19)11-15-6-7-17(16(10-15)18(23)24)25-12-14-4-2-1-3-5-14;/h1-7,10H,8-9,11-13H2,(H,23,24);1H. The summed E-state index contributed by atoms with van der Waals surface area (Å²) in [7, 11) is 0. The van der Waals surface area contributed by atoms with Gasteiger partial charge in [-0.2, -0.15) is 0 Å². The Morgan fingerprint density at radius 2 is 1.88 bits per heavy atom. The molecule has 0 amide bonds. The molecular formula is C19H20ClF2NO3. The first-order chi connectivity index (χ1) is 11.9. The number of alkyl halides is 2. The van der Waals surface area contributed by atoms with Crippen molar-refractivity contribution in [2.45, 2.75) is 25.5 Å². The number of carboxylic acid groups (broad SMARTS) is 1. The largest absolute Gasteiger partial charge is 0.488 e. The minimum atomic E-state index is -2.66. The Balaban J connectivity index is 0.00000243. The third-order valence-electron chi connectivity index (χ3n) is 4.17. The monoisotopic (exact) mass is 383 g/mol. The average Bonchev–Trinajstić information content (AvgIpc) is 2.93. The maximum Gasteiger partial charge on any atom is 0.339 e. The molecule has 140 valence electrons. The lowest BCUT2D eigenvalue weighted by Gasteiger charge is -2.17. The molecule has 1 fully saturated rings. The van der Waals surface area contributed by atoms with Crippen LogP contribution in [0.25, 0.3) is 0 Å². The molecule has 0 unspecified atom stereocenters. The topological polar surface area (TPSA) is 49.8 Å². The molecule has 0 aromatic heterocycles. The van der Waals surface area contributed by atoms with E-state index in [0.29, 0.717) is 18.7 Å². The number of hydrogen-bond acceptors (Lipinski definition) is 3. The predicted octanol–water partition coefficient (Wildman–Crippen LogP) is 4.23. The van der Waals surface area contributed by atoms with E-state index in [1.165, 1.54) is 6.07 Å². The van der Waals surface area contributed by atoms with Crippen molar-refractivity contribution in [3.8, 4) is 5.75 Å². The smallest absolute Gasteiger partial charge is 0.339 e. The molecule has 0 radical (unpaired) electrons. The van der Waals surface area contributed by atoms with E-state index < -0.39 is 11.9 Å². The van der Waals surface area contributed by atoms with E-state index in [4.69, 9.17) is 4.74 Å². The van der Waals surface area contributed by atoms with Crippen LogP contribution in [0.15, 0.2) is 48.5 Å². The second-order valence-corrected chi connectivity index (χ2v) is 6.23. The van der Waals surface area contributed by atoms with E-state index in [1.54, 1.807) is 17.0 Å². The number of benzene rings is 2. The van der Waals surface area contributed by atoms with Crippen LogP contribution >= 0.6 is 12.4 Å². The molecule has 1 saturated heterocycles. The first-order valence-electron chi connectivity index (χ1n) is 8.06. The summed E-state index contributed by atoms with van der Waals surface area (Å²) >= 11 is 0. The number of carboxylic acids is 1. The number of ether oxygens (including phenoxy) is 1. The van der Waals surface area contributed by atoms with Crippen LogP contribution in [0.3, 0.4) is 0 Å². The fourth-order valence-electron chi connectivity index (χ4n) is 2.90. The second kappa shape index (κ2) is 8.47. The van der Waals surface area contributed by atoms with Gasteiger partial charge in [0.1, 0.15) is 17.9 Å². The highest BCUT2D eigenvalue weighted by Crippen LogP contribution is 2.29. The van der Waals surface area contributed by atoms with Gasteiger partial charge in [0.05, 0.1) is 6.54 Å². The van der Waals surface area contributed by atoms with E-state index >= 15 is 0 Å². The summed E-state index contributed by atoms with van der Waals surface area (Å²) in [5, 5.41) is 9.42. The van der Waals surface area contributed by atoms with Crippen molar-refractivity contribution < 1.29 is 23.4 Å². The van der Waals surface area contributed by atoms with Gasteiger partial charge in [-0.25, -0.2) is 13.6 Å². The van der Waals surface area contributed by atoms with Crippen molar-refractivity contribution in [1.29, 1.82) is 0 Å². The van der Waals surface area contributed by atoms with Gasteiger partial charge in [0.25, 0.3) is 5.92 Å². The molecule has 0 bridgehead atoms. The van der Waals surface area contributed by atoms with Crippen LogP contribution in [0.2, 0.25) is 0 Å². The highest BCUT2D eigenvalue weighted by atomic mass is 35.5. The van der Waals surface area contributed by atoms with Gasteiger partial charge in [-0.05, 0) is 23.3 Å². The van der Waals surface area contributed by atoms with Crippen molar-refractivity contribution in [2.75, 3.05) is 13.1 Å². The maximum absolute atomic E-state index is 13.3. The minimum Gasteiger partial charge on any atom is -0.488 e. The summed E-state index contributed by atoms with van der Waals surface area (Å²) in [4.78, 5) is 13.1. The van der Waals surface area contributed by atoms with Gasteiger partial charge in [-0.15, -0.1) is 12.4 Å². The van der Waals surface area contributed by atoms with E-state index in [0.717, 1.165) is 5.56 Å². The number of rotatable bonds is 6. The maximum atomic E-state index is 13.3. The van der Waals surface area contributed by atoms with Crippen LogP contribution in [0.1, 0.15) is 27.9 Å². The van der Waals surface area contributed by atoms with Crippen molar-refractivity contribution in [3.63, 3.8) is 0 Å². The molecule has 7 heteroatoms. The summed E-state index contributed by atoms with van der Waals surface area (Å²) in [6.45, 7) is 0.580. The third-order valence-corrected chi connectivity index (χ3v) is 4.17. The Labute approximate surface area is 156 Å². The molecule has 1 heterocycles. The van der Waals surface area contributed by atoms with Crippen LogP contribution in [0.5, 0.6) is 5.75 Å². The Hall–Kier alpha value is -2.18. The summed E-state index contributed by atoms with van der Waals surface area (Å²) in [5.41, 5.74) is 1.66. The van der Waals surface area contributed by atoms with Crippen molar-refractivity contribution in [1.82, 2.24) is 4.90 Å². The highest BCUT2D eigenvalue weighted by Gasteiger charge is 2.37. The summed E-state index contributed by atoms with van der Waals surface area (Å²) in [5.74, 6) is -3.49. The van der Waals surface area contributed by atoms with Gasteiger partial charge in [0, 0.05) is 19.5 Å². The first-order valence-corrected chi connectivity index (χ1v) is 8.06. The zero-order valence-electron chi connectivity index (χ0n) is 14.0. The average molecular weight is 384 g/mol. The number of nitrogens with zero attached hydrogens (tertiary/aromatic N) is 1. The molecule has 3 rings (SSSR count). The zero-order valence-corrected chi connectivity index (χ0v) is 14.8. The van der Waals surface area contributed by atoms with E-state index in [2.05, 4.69) is 0 Å². The van der Waals surface area contributed by atoms with Gasteiger partial charge >= 0.3 is 5.97 Å². The fourth-order valence-corrected chi connectivity index (χ4v) is 2.90. The van der Waals surface area contributed by atoms with Crippen molar-refractivity contribution in [3.05, 3.63) is 65.2 Å². The molecule has 2 aromatic carbocycles. The highest BCUT2D eigenvalue weighted by molar-refractivity contribution is 5.91. The van der Waals surface area contributed by atoms with Crippen molar-refractivity contribution in [2.24, 2.45) is 0 Å². The van der Waals surface area contributed by atoms with Crippen LogP contribution < -0.4 is 4.74 Å². The molecule has 0 atom stereocenters. The lowest BCUT2D eigenvalue weighted by Crippen LogP contribution is -2.25. The van der Waals surface area contributed by atoms with E-state index in [9.17, 15) is 18.7 Å². The number of carbonyl (C=O) groups is 1. The molecule has 0 aliphatic carbocycles. The third kappa shape index (κ3) is 5.16. The first kappa shape index (κ1) is 20.1. The van der Waals surface area contributed by atoms with Crippen LogP contribution in [-0.2, 0) is 13.2 Å². The Morgan fingerprint density at radius 3 is 2.50 bits per heavy atom. The molecule has 1 N–H and O–H groups in total. The van der Waals surface area contributed by atoms with Gasteiger partial charge in [0.2, 0.25) is 0 Å². The lowest BCUT2D eigenvalue weighted by atomic mass is 10.1. The summed E-state index contributed by atoms with van der Waals surface area (Å²) in [6.07, 6.45) is -0.156. The molecule has 0 spiro atoms. The molecule has 2 aromatic rings. The van der Waals surface area contributed by atoms with Gasteiger partial charge in [-0.1, -0.05) is 36.4 Å². The van der Waals surface area contributed by atoms with Crippen LogP contribution in [0.4, 0.5) is 8.78 Å². The summed E-state index contributed by atoms with van der Waals surface area (Å²) < 4.78 is 32.2. The van der Waals surface area contributed by atoms with Gasteiger partial charge in [0.15, 0.2) is 0 Å². The van der Waals surface area contributed by atoms with Gasteiger partial charge in [-0.3, -0.25) is 4.90 Å². The Morgan fingerprint density at radius 1 is 1.15 bits per heavy atom. The Kier molecular flexibility index (Phi) is 6.56. The number of likely N-dealkylation sites (tertiary alicyclic amines) is 1. The summed E-state index contributed by atoms with van der Waals surface area (Å²) in [6, 6.07) is 14.3. The van der Waals surface area contributed by atoms with Crippen LogP contribution in [-0.4, -0.2) is 35.0 Å². The van der Waals surface area contributed by atoms with Crippen molar-refractivity contribution >= 4 is 18.4 Å². The second-order valence-electron chi connectivity index (χ2n) is 6.23. The molecule has 26 heavy (non-hydrogen) atoms. The number of halogens is 3. The molecule has 4 nitrogen and oxygen atoms in total. The normalized spacial score (nSPS) is 16.1. The fraction of sp³-hybridized carbons (Fsp3) is 0.316. The molecular weight excluding hydrogens is 364 g/mol. The SMILES string of the molecule is Cl.O=C(O)c1cc(CN2CCC(F)(F)C2)ccc1OCc1ccccc1. The Bertz CT molecular complexity index is 756.